The summed E-state index contributed by atoms with van der Waals surface area (Å²) < 4.78 is 5.32. The molecule has 0 radical (unpaired) electrons. The zero-order valence-corrected chi connectivity index (χ0v) is 16.4. The van der Waals surface area contributed by atoms with Gasteiger partial charge in [0, 0.05) is 0 Å². The van der Waals surface area contributed by atoms with Crippen molar-refractivity contribution in [3.8, 4) is 0 Å². The average Bonchev–Trinajstić information content (AvgIpc) is 2.51. The first-order valence-corrected chi connectivity index (χ1v) is 10.3. The first-order chi connectivity index (χ1) is 11.1. The van der Waals surface area contributed by atoms with Crippen LogP contribution in [0.1, 0.15) is 118 Å². The van der Waals surface area contributed by atoms with Gasteiger partial charge in [-0.1, -0.05) is 90.9 Å². The van der Waals surface area contributed by atoms with Crippen LogP contribution in [0, 0.1) is 5.92 Å². The fraction of sp³-hybridized carbons (Fsp3) is 0.952. The minimum absolute atomic E-state index is 0.00516. The van der Waals surface area contributed by atoms with Crippen LogP contribution in [0.15, 0.2) is 0 Å². The second-order valence-corrected chi connectivity index (χ2v) is 7.27. The first kappa shape index (κ1) is 22.5. The van der Waals surface area contributed by atoms with Gasteiger partial charge in [0.2, 0.25) is 0 Å². The maximum Gasteiger partial charge on any atom is 0.309 e. The number of unbranched alkanes of at least 4 members (excludes halogenated alkanes) is 11. The Morgan fingerprint density at radius 2 is 1.17 bits per heavy atom. The Morgan fingerprint density at radius 3 is 1.57 bits per heavy atom. The third kappa shape index (κ3) is 14.8. The molecule has 2 heteroatoms. The van der Waals surface area contributed by atoms with Crippen molar-refractivity contribution in [1.29, 1.82) is 0 Å². The van der Waals surface area contributed by atoms with E-state index >= 15 is 0 Å². The van der Waals surface area contributed by atoms with E-state index in [0.717, 1.165) is 12.8 Å². The monoisotopic (exact) mass is 326 g/mol. The van der Waals surface area contributed by atoms with Crippen LogP contribution in [0.5, 0.6) is 0 Å². The van der Waals surface area contributed by atoms with Crippen molar-refractivity contribution < 1.29 is 9.53 Å². The summed E-state index contributed by atoms with van der Waals surface area (Å²) in [7, 11) is 0. The highest BCUT2D eigenvalue weighted by atomic mass is 16.5. The summed E-state index contributed by atoms with van der Waals surface area (Å²) in [6, 6.07) is 0. The van der Waals surface area contributed by atoms with Gasteiger partial charge in [-0.05, 0) is 26.7 Å². The minimum Gasteiger partial charge on any atom is -0.463 e. The summed E-state index contributed by atoms with van der Waals surface area (Å²) in [6.45, 7) is 8.21. The van der Waals surface area contributed by atoms with Gasteiger partial charge in [-0.3, -0.25) is 4.79 Å². The van der Waals surface area contributed by atoms with Crippen LogP contribution in [-0.4, -0.2) is 12.1 Å². The smallest absolute Gasteiger partial charge is 0.309 e. The lowest BCUT2D eigenvalue weighted by Gasteiger charge is -2.16. The van der Waals surface area contributed by atoms with Gasteiger partial charge in [0.05, 0.1) is 12.0 Å². The van der Waals surface area contributed by atoms with E-state index in [4.69, 9.17) is 4.74 Å². The van der Waals surface area contributed by atoms with Crippen molar-refractivity contribution >= 4 is 5.97 Å². The Balaban J connectivity index is 3.38. The zero-order valence-electron chi connectivity index (χ0n) is 16.4. The molecule has 0 rings (SSSR count). The zero-order chi connectivity index (χ0) is 17.3. The summed E-state index contributed by atoms with van der Waals surface area (Å²) >= 11 is 0. The van der Waals surface area contributed by atoms with Gasteiger partial charge < -0.3 is 4.74 Å². The van der Waals surface area contributed by atoms with E-state index in [1.54, 1.807) is 0 Å². The second kappa shape index (κ2) is 16.3. The SMILES string of the molecule is CCCCCCCCCCCCCCC(CC)C(=O)OC(C)C. The summed E-state index contributed by atoms with van der Waals surface area (Å²) in [5.41, 5.74) is 0. The molecule has 0 aromatic carbocycles. The highest BCUT2D eigenvalue weighted by Crippen LogP contribution is 2.18. The molecule has 0 bridgehead atoms. The second-order valence-electron chi connectivity index (χ2n) is 7.27. The lowest BCUT2D eigenvalue weighted by molar-refractivity contribution is -0.152. The van der Waals surface area contributed by atoms with Gasteiger partial charge in [-0.25, -0.2) is 0 Å². The minimum atomic E-state index is 0.00516. The highest BCUT2D eigenvalue weighted by Gasteiger charge is 2.18. The molecule has 138 valence electrons. The standard InChI is InChI=1S/C21H42O2/c1-5-7-8-9-10-11-12-13-14-15-16-17-18-20(6-2)21(22)23-19(3)4/h19-20H,5-18H2,1-4H3. The summed E-state index contributed by atoms with van der Waals surface area (Å²) in [5.74, 6) is 0.117. The molecular weight excluding hydrogens is 284 g/mol. The molecule has 0 aliphatic carbocycles. The molecule has 0 spiro atoms. The quantitative estimate of drug-likeness (QED) is 0.224. The van der Waals surface area contributed by atoms with Gasteiger partial charge >= 0.3 is 5.97 Å². The normalized spacial score (nSPS) is 12.6. The molecule has 1 unspecified atom stereocenters. The van der Waals surface area contributed by atoms with Gasteiger partial charge in [-0.2, -0.15) is 0 Å². The maximum atomic E-state index is 11.9. The number of rotatable bonds is 16. The average molecular weight is 327 g/mol. The van der Waals surface area contributed by atoms with Crippen LogP contribution in [0.3, 0.4) is 0 Å². The Morgan fingerprint density at radius 1 is 0.739 bits per heavy atom. The van der Waals surface area contributed by atoms with Crippen LogP contribution in [0.4, 0.5) is 0 Å². The Hall–Kier alpha value is -0.530. The number of hydrogen-bond acceptors (Lipinski definition) is 2. The molecule has 0 aliphatic rings. The molecule has 1 atom stereocenters. The molecule has 23 heavy (non-hydrogen) atoms. The molecular formula is C21H42O2. The summed E-state index contributed by atoms with van der Waals surface area (Å²) in [4.78, 5) is 11.9. The topological polar surface area (TPSA) is 26.3 Å². The van der Waals surface area contributed by atoms with Crippen LogP contribution >= 0.6 is 0 Å². The van der Waals surface area contributed by atoms with Crippen LogP contribution in [0.2, 0.25) is 0 Å². The summed E-state index contributed by atoms with van der Waals surface area (Å²) in [5, 5.41) is 0. The first-order valence-electron chi connectivity index (χ1n) is 10.3. The molecule has 0 fully saturated rings. The van der Waals surface area contributed by atoms with E-state index in [9.17, 15) is 4.79 Å². The molecule has 2 nitrogen and oxygen atoms in total. The largest absolute Gasteiger partial charge is 0.463 e. The Labute approximate surface area is 145 Å². The fourth-order valence-corrected chi connectivity index (χ4v) is 3.05. The van der Waals surface area contributed by atoms with E-state index in [0.29, 0.717) is 0 Å². The molecule has 0 aromatic rings. The summed E-state index contributed by atoms with van der Waals surface area (Å²) in [6.07, 6.45) is 18.3. The maximum absolute atomic E-state index is 11.9. The van der Waals surface area contributed by atoms with Crippen molar-refractivity contribution in [3.63, 3.8) is 0 Å². The van der Waals surface area contributed by atoms with E-state index in [1.807, 2.05) is 13.8 Å². The van der Waals surface area contributed by atoms with Crippen molar-refractivity contribution in [2.45, 2.75) is 124 Å². The van der Waals surface area contributed by atoms with Crippen molar-refractivity contribution in [2.75, 3.05) is 0 Å². The fourth-order valence-electron chi connectivity index (χ4n) is 3.05. The Kier molecular flexibility index (Phi) is 16.0. The number of carbonyl (C=O) groups is 1. The molecule has 0 N–H and O–H groups in total. The van der Waals surface area contributed by atoms with Crippen molar-refractivity contribution in [1.82, 2.24) is 0 Å². The van der Waals surface area contributed by atoms with E-state index in [-0.39, 0.29) is 18.0 Å². The Bertz CT molecular complexity index is 261. The lowest BCUT2D eigenvalue weighted by atomic mass is 9.97. The van der Waals surface area contributed by atoms with Crippen LogP contribution in [-0.2, 0) is 9.53 Å². The predicted octanol–water partition coefficient (Wildman–Crippen LogP) is 7.06. The number of carbonyl (C=O) groups excluding carboxylic acids is 1. The van der Waals surface area contributed by atoms with E-state index < -0.39 is 0 Å². The van der Waals surface area contributed by atoms with Crippen LogP contribution in [0.25, 0.3) is 0 Å². The van der Waals surface area contributed by atoms with Gasteiger partial charge in [-0.15, -0.1) is 0 Å². The molecule has 0 heterocycles. The number of esters is 1. The number of ether oxygens (including phenoxy) is 1. The third-order valence-electron chi connectivity index (χ3n) is 4.58. The predicted molar refractivity (Wildman–Crippen MR) is 101 cm³/mol. The van der Waals surface area contributed by atoms with Gasteiger partial charge in [0.1, 0.15) is 0 Å². The van der Waals surface area contributed by atoms with E-state index in [1.165, 1.54) is 77.0 Å². The molecule has 0 saturated heterocycles. The van der Waals surface area contributed by atoms with E-state index in [2.05, 4.69) is 13.8 Å². The lowest BCUT2D eigenvalue weighted by Crippen LogP contribution is -2.20. The van der Waals surface area contributed by atoms with Gasteiger partial charge in [0.25, 0.3) is 0 Å². The molecule has 0 saturated carbocycles. The highest BCUT2D eigenvalue weighted by molar-refractivity contribution is 5.72. The van der Waals surface area contributed by atoms with Crippen LogP contribution < -0.4 is 0 Å². The molecule has 0 amide bonds. The van der Waals surface area contributed by atoms with Crippen molar-refractivity contribution in [2.24, 2.45) is 5.92 Å². The van der Waals surface area contributed by atoms with Crippen molar-refractivity contribution in [3.05, 3.63) is 0 Å². The molecule has 0 aliphatic heterocycles. The third-order valence-corrected chi connectivity index (χ3v) is 4.58. The number of hydrogen-bond donors (Lipinski definition) is 0. The molecule has 0 aromatic heterocycles. The van der Waals surface area contributed by atoms with Gasteiger partial charge in [0.15, 0.2) is 0 Å².